The summed E-state index contributed by atoms with van der Waals surface area (Å²) in [6, 6.07) is 16.2. The Morgan fingerprint density at radius 2 is 1.64 bits per heavy atom. The van der Waals surface area contributed by atoms with Gasteiger partial charge in [0.2, 0.25) is 15.9 Å². The van der Waals surface area contributed by atoms with Crippen molar-refractivity contribution in [1.29, 1.82) is 0 Å². The van der Waals surface area contributed by atoms with E-state index in [2.05, 4.69) is 15.2 Å². The maximum atomic E-state index is 13.8. The summed E-state index contributed by atoms with van der Waals surface area (Å²) < 4.78 is 24.8. The van der Waals surface area contributed by atoms with Gasteiger partial charge in [-0.05, 0) is 56.5 Å². The Hall–Kier alpha value is -3.08. The summed E-state index contributed by atoms with van der Waals surface area (Å²) in [6.07, 6.45) is 6.83. The first-order valence-corrected chi connectivity index (χ1v) is 14.0. The van der Waals surface area contributed by atoms with Gasteiger partial charge in [0.25, 0.3) is 0 Å². The van der Waals surface area contributed by atoms with Crippen molar-refractivity contribution in [2.45, 2.75) is 49.1 Å². The van der Waals surface area contributed by atoms with Gasteiger partial charge in [0, 0.05) is 31.1 Å². The molecule has 1 aromatic heterocycles. The number of benzene rings is 2. The summed E-state index contributed by atoms with van der Waals surface area (Å²) in [4.78, 5) is 18.4. The van der Waals surface area contributed by atoms with Crippen LogP contribution in [0.5, 0.6) is 0 Å². The molecule has 0 saturated carbocycles. The number of rotatable bonds is 7. The monoisotopic (exact) mass is 508 g/mol. The predicted molar refractivity (Wildman–Crippen MR) is 136 cm³/mol. The van der Waals surface area contributed by atoms with E-state index in [-0.39, 0.29) is 10.8 Å². The Bertz CT molecular complexity index is 1280. The Morgan fingerprint density at radius 3 is 2.28 bits per heavy atom. The molecule has 0 bridgehead atoms. The normalized spacial score (nSPS) is 18.4. The van der Waals surface area contributed by atoms with E-state index < -0.39 is 16.1 Å². The Labute approximate surface area is 211 Å². The SMILES string of the molecule is NS(=O)(=O)c1ccc(-c2cn([C@@H](Cc3ccccc3)C(=O)N3CCC(N4CCCC4)CC3)nn2)cc1. The molecule has 9 nitrogen and oxygen atoms in total. The van der Waals surface area contributed by atoms with Gasteiger partial charge in [-0.15, -0.1) is 5.10 Å². The molecule has 36 heavy (non-hydrogen) atoms. The number of piperidine rings is 1. The first kappa shape index (κ1) is 24.6. The van der Waals surface area contributed by atoms with E-state index in [4.69, 9.17) is 5.14 Å². The van der Waals surface area contributed by atoms with E-state index in [1.807, 2.05) is 35.2 Å². The van der Waals surface area contributed by atoms with Crippen LogP contribution in [0.3, 0.4) is 0 Å². The van der Waals surface area contributed by atoms with Crippen LogP contribution >= 0.6 is 0 Å². The lowest BCUT2D eigenvalue weighted by Crippen LogP contribution is -2.48. The second-order valence-corrected chi connectivity index (χ2v) is 11.2. The van der Waals surface area contributed by atoms with Crippen molar-refractivity contribution >= 4 is 15.9 Å². The number of primary sulfonamides is 1. The summed E-state index contributed by atoms with van der Waals surface area (Å²) in [7, 11) is -3.77. The average molecular weight is 509 g/mol. The maximum Gasteiger partial charge on any atom is 0.247 e. The van der Waals surface area contributed by atoms with Crippen LogP contribution in [0.2, 0.25) is 0 Å². The molecule has 1 atom stereocenters. The van der Waals surface area contributed by atoms with Crippen LogP contribution in [0, 0.1) is 0 Å². The lowest BCUT2D eigenvalue weighted by Gasteiger charge is -2.38. The zero-order valence-corrected chi connectivity index (χ0v) is 21.1. The van der Waals surface area contributed by atoms with E-state index in [1.165, 1.54) is 38.1 Å². The second kappa shape index (κ2) is 10.5. The molecule has 0 aliphatic carbocycles. The predicted octanol–water partition coefficient (Wildman–Crippen LogP) is 2.46. The number of hydrogen-bond acceptors (Lipinski definition) is 6. The van der Waals surface area contributed by atoms with Crippen molar-refractivity contribution in [3.63, 3.8) is 0 Å². The smallest absolute Gasteiger partial charge is 0.247 e. The third-order valence-corrected chi connectivity index (χ3v) is 8.23. The van der Waals surface area contributed by atoms with Gasteiger partial charge in [-0.3, -0.25) is 4.79 Å². The third-order valence-electron chi connectivity index (χ3n) is 7.30. The number of sulfonamides is 1. The van der Waals surface area contributed by atoms with Gasteiger partial charge in [-0.25, -0.2) is 18.2 Å². The summed E-state index contributed by atoms with van der Waals surface area (Å²) in [5.74, 6) is 0.0553. The largest absolute Gasteiger partial charge is 0.341 e. The van der Waals surface area contributed by atoms with E-state index >= 15 is 0 Å². The van der Waals surface area contributed by atoms with Gasteiger partial charge in [0.1, 0.15) is 11.7 Å². The highest BCUT2D eigenvalue weighted by Gasteiger charge is 2.32. The molecule has 10 heteroatoms. The summed E-state index contributed by atoms with van der Waals surface area (Å²) in [5, 5.41) is 13.8. The molecule has 2 aromatic carbocycles. The van der Waals surface area contributed by atoms with Crippen LogP contribution < -0.4 is 5.14 Å². The Kier molecular flexibility index (Phi) is 7.17. The van der Waals surface area contributed by atoms with Crippen molar-refractivity contribution in [2.75, 3.05) is 26.2 Å². The van der Waals surface area contributed by atoms with Crippen LogP contribution in [0.1, 0.15) is 37.3 Å². The number of aromatic nitrogens is 3. The highest BCUT2D eigenvalue weighted by molar-refractivity contribution is 7.89. The number of hydrogen-bond donors (Lipinski definition) is 1. The summed E-state index contributed by atoms with van der Waals surface area (Å²) in [5.41, 5.74) is 2.32. The number of amides is 1. The molecule has 0 unspecified atom stereocenters. The van der Waals surface area contributed by atoms with Crippen LogP contribution in [0.4, 0.5) is 0 Å². The lowest BCUT2D eigenvalue weighted by atomic mass is 10.0. The molecule has 2 aliphatic heterocycles. The number of nitrogens with zero attached hydrogens (tertiary/aromatic N) is 5. The van der Waals surface area contributed by atoms with Crippen LogP contribution in [0.25, 0.3) is 11.3 Å². The van der Waals surface area contributed by atoms with Crippen molar-refractivity contribution in [3.8, 4) is 11.3 Å². The lowest BCUT2D eigenvalue weighted by molar-refractivity contribution is -0.136. The minimum atomic E-state index is -3.77. The number of nitrogens with two attached hydrogens (primary N) is 1. The van der Waals surface area contributed by atoms with Crippen molar-refractivity contribution in [3.05, 3.63) is 66.4 Å². The van der Waals surface area contributed by atoms with Crippen LogP contribution in [0.15, 0.2) is 65.7 Å². The van der Waals surface area contributed by atoms with Crippen molar-refractivity contribution in [1.82, 2.24) is 24.8 Å². The van der Waals surface area contributed by atoms with E-state index in [0.717, 1.165) is 31.5 Å². The Morgan fingerprint density at radius 1 is 0.972 bits per heavy atom. The first-order chi connectivity index (χ1) is 17.4. The molecule has 5 rings (SSSR count). The summed E-state index contributed by atoms with van der Waals surface area (Å²) in [6.45, 7) is 3.86. The van der Waals surface area contributed by atoms with Crippen molar-refractivity contribution in [2.24, 2.45) is 5.14 Å². The zero-order chi connectivity index (χ0) is 25.1. The molecule has 0 spiro atoms. The zero-order valence-electron chi connectivity index (χ0n) is 20.2. The quantitative estimate of drug-likeness (QED) is 0.524. The van der Waals surface area contributed by atoms with Gasteiger partial charge in [-0.2, -0.15) is 0 Å². The van der Waals surface area contributed by atoms with Gasteiger partial charge >= 0.3 is 0 Å². The van der Waals surface area contributed by atoms with Crippen LogP contribution in [-0.2, 0) is 21.2 Å². The topological polar surface area (TPSA) is 114 Å². The highest BCUT2D eigenvalue weighted by atomic mass is 32.2. The minimum Gasteiger partial charge on any atom is -0.341 e. The first-order valence-electron chi connectivity index (χ1n) is 12.5. The van der Waals surface area contributed by atoms with Gasteiger partial charge < -0.3 is 9.80 Å². The van der Waals surface area contributed by atoms with Gasteiger partial charge in [-0.1, -0.05) is 47.7 Å². The molecule has 3 aromatic rings. The number of likely N-dealkylation sites (tertiary alicyclic amines) is 2. The fraction of sp³-hybridized carbons (Fsp3) is 0.423. The van der Waals surface area contributed by atoms with E-state index in [9.17, 15) is 13.2 Å². The molecule has 3 heterocycles. The fourth-order valence-corrected chi connectivity index (χ4v) is 5.79. The third kappa shape index (κ3) is 5.50. The van der Waals surface area contributed by atoms with E-state index in [1.54, 1.807) is 23.0 Å². The molecular weight excluding hydrogens is 476 g/mol. The number of carbonyl (C=O) groups excluding carboxylic acids is 1. The molecule has 190 valence electrons. The molecule has 2 aliphatic rings. The van der Waals surface area contributed by atoms with Gasteiger partial charge in [0.15, 0.2) is 0 Å². The van der Waals surface area contributed by atoms with E-state index in [0.29, 0.717) is 23.7 Å². The second-order valence-electron chi connectivity index (χ2n) is 9.66. The molecule has 2 saturated heterocycles. The molecule has 0 radical (unpaired) electrons. The average Bonchev–Trinajstić information content (AvgIpc) is 3.60. The molecule has 1 amide bonds. The number of carbonyl (C=O) groups is 1. The highest BCUT2D eigenvalue weighted by Crippen LogP contribution is 2.26. The van der Waals surface area contributed by atoms with Crippen LogP contribution in [-0.4, -0.2) is 71.3 Å². The fourth-order valence-electron chi connectivity index (χ4n) is 5.28. The molecular formula is C26H32N6O3S. The standard InChI is InChI=1S/C26H32N6O3S/c27-36(34,35)23-10-8-21(9-11-23)24-19-32(29-28-24)25(18-20-6-2-1-3-7-20)26(33)31-16-12-22(13-17-31)30-14-4-5-15-30/h1-3,6-11,19,22,25H,4-5,12-18H2,(H2,27,34,35)/t25-/m0/s1. The van der Waals surface area contributed by atoms with Gasteiger partial charge in [0.05, 0.1) is 11.1 Å². The van der Waals surface area contributed by atoms with Crippen molar-refractivity contribution < 1.29 is 13.2 Å². The molecule has 2 fully saturated rings. The summed E-state index contributed by atoms with van der Waals surface area (Å²) >= 11 is 0. The maximum absolute atomic E-state index is 13.8. The Balaban J connectivity index is 1.35. The molecule has 2 N–H and O–H groups in total. The minimum absolute atomic E-state index is 0.0353.